The lowest BCUT2D eigenvalue weighted by Gasteiger charge is -2.31. The third-order valence-electron chi connectivity index (χ3n) is 3.87. The van der Waals surface area contributed by atoms with E-state index in [1.165, 1.54) is 32.1 Å². The van der Waals surface area contributed by atoms with E-state index in [1.54, 1.807) is 0 Å². The number of hydrogen-bond acceptors (Lipinski definition) is 3. The third kappa shape index (κ3) is 6.72. The zero-order valence-electron chi connectivity index (χ0n) is 12.7. The number of rotatable bonds is 8. The van der Waals surface area contributed by atoms with E-state index in [0.717, 1.165) is 19.7 Å². The van der Waals surface area contributed by atoms with Gasteiger partial charge in [-0.15, -0.1) is 0 Å². The summed E-state index contributed by atoms with van der Waals surface area (Å²) in [5, 5.41) is 3.48. The van der Waals surface area contributed by atoms with Gasteiger partial charge >= 0.3 is 0 Å². The second-order valence-corrected chi connectivity index (χ2v) is 6.03. The lowest BCUT2D eigenvalue weighted by atomic mass is 10.1. The summed E-state index contributed by atoms with van der Waals surface area (Å²) in [4.78, 5) is 2.46. The maximum absolute atomic E-state index is 5.80. The minimum atomic E-state index is 0.472. The van der Waals surface area contributed by atoms with Crippen molar-refractivity contribution < 1.29 is 4.74 Å². The molecule has 0 bridgehead atoms. The first-order valence-electron chi connectivity index (χ1n) is 7.65. The van der Waals surface area contributed by atoms with E-state index in [9.17, 15) is 0 Å². The molecular formula is C15H32N2O. The molecule has 1 saturated heterocycles. The molecule has 3 nitrogen and oxygen atoms in total. The van der Waals surface area contributed by atoms with E-state index >= 15 is 0 Å². The first kappa shape index (κ1) is 15.9. The van der Waals surface area contributed by atoms with E-state index in [-0.39, 0.29) is 0 Å². The normalized spacial score (nSPS) is 22.7. The molecule has 108 valence electrons. The third-order valence-corrected chi connectivity index (χ3v) is 3.87. The van der Waals surface area contributed by atoms with Crippen LogP contribution in [0.2, 0.25) is 0 Å². The molecule has 1 N–H and O–H groups in total. The maximum atomic E-state index is 5.80. The van der Waals surface area contributed by atoms with Gasteiger partial charge in [-0.1, -0.05) is 13.8 Å². The Hall–Kier alpha value is -0.120. The summed E-state index contributed by atoms with van der Waals surface area (Å²) in [6.45, 7) is 9.93. The molecule has 0 aromatic heterocycles. The molecule has 1 aliphatic rings. The van der Waals surface area contributed by atoms with Crippen molar-refractivity contribution in [3.63, 3.8) is 0 Å². The minimum absolute atomic E-state index is 0.472. The van der Waals surface area contributed by atoms with Crippen molar-refractivity contribution in [3.8, 4) is 0 Å². The Labute approximate surface area is 113 Å². The second kappa shape index (κ2) is 8.89. The molecule has 0 amide bonds. The number of nitrogens with zero attached hydrogens (tertiary/aromatic N) is 1. The predicted molar refractivity (Wildman–Crippen MR) is 78.1 cm³/mol. The van der Waals surface area contributed by atoms with E-state index in [4.69, 9.17) is 4.74 Å². The molecule has 2 unspecified atom stereocenters. The first-order valence-corrected chi connectivity index (χ1v) is 7.65. The molecule has 1 aliphatic heterocycles. The predicted octanol–water partition coefficient (Wildman–Crippen LogP) is 2.65. The van der Waals surface area contributed by atoms with Gasteiger partial charge in [0, 0.05) is 25.2 Å². The summed E-state index contributed by atoms with van der Waals surface area (Å²) >= 11 is 0. The van der Waals surface area contributed by atoms with E-state index < -0.39 is 0 Å². The molecule has 2 atom stereocenters. The van der Waals surface area contributed by atoms with Gasteiger partial charge in [0.15, 0.2) is 0 Å². The molecule has 3 heteroatoms. The van der Waals surface area contributed by atoms with E-state index in [0.29, 0.717) is 18.2 Å². The summed E-state index contributed by atoms with van der Waals surface area (Å²) in [6, 6.07) is 1.26. The first-order chi connectivity index (χ1) is 8.59. The zero-order valence-corrected chi connectivity index (χ0v) is 12.7. The van der Waals surface area contributed by atoms with Gasteiger partial charge < -0.3 is 15.0 Å². The van der Waals surface area contributed by atoms with Gasteiger partial charge in [0.1, 0.15) is 0 Å². The van der Waals surface area contributed by atoms with Crippen molar-refractivity contribution in [2.24, 2.45) is 0 Å². The highest BCUT2D eigenvalue weighted by atomic mass is 16.5. The van der Waals surface area contributed by atoms with Crippen LogP contribution in [0, 0.1) is 0 Å². The lowest BCUT2D eigenvalue weighted by Crippen LogP contribution is -2.38. The minimum Gasteiger partial charge on any atom is -0.377 e. The molecule has 0 aromatic rings. The van der Waals surface area contributed by atoms with Crippen LogP contribution >= 0.6 is 0 Å². The average molecular weight is 256 g/mol. The topological polar surface area (TPSA) is 24.5 Å². The van der Waals surface area contributed by atoms with Crippen molar-refractivity contribution in [2.45, 2.75) is 71.1 Å². The molecule has 0 spiro atoms. The van der Waals surface area contributed by atoms with Crippen molar-refractivity contribution in [1.82, 2.24) is 10.2 Å². The molecule has 0 saturated carbocycles. The van der Waals surface area contributed by atoms with Crippen LogP contribution < -0.4 is 5.32 Å². The molecule has 1 rings (SSSR count). The fourth-order valence-corrected chi connectivity index (χ4v) is 2.46. The van der Waals surface area contributed by atoms with Crippen molar-refractivity contribution in [3.05, 3.63) is 0 Å². The van der Waals surface area contributed by atoms with Crippen molar-refractivity contribution in [1.29, 1.82) is 0 Å². The Morgan fingerprint density at radius 3 is 2.67 bits per heavy atom. The van der Waals surface area contributed by atoms with Crippen LogP contribution in [-0.4, -0.2) is 49.8 Å². The Balaban J connectivity index is 2.09. The van der Waals surface area contributed by atoms with Gasteiger partial charge in [0.05, 0.1) is 6.10 Å². The van der Waals surface area contributed by atoms with Gasteiger partial charge in [0.25, 0.3) is 0 Å². The molecule has 1 heterocycles. The van der Waals surface area contributed by atoms with Crippen molar-refractivity contribution in [2.75, 3.05) is 26.7 Å². The molecule has 18 heavy (non-hydrogen) atoms. The number of likely N-dealkylation sites (N-methyl/N-ethyl adjacent to an activating group) is 1. The molecule has 0 radical (unpaired) electrons. The summed E-state index contributed by atoms with van der Waals surface area (Å²) in [6.07, 6.45) is 6.83. The monoisotopic (exact) mass is 256 g/mol. The van der Waals surface area contributed by atoms with Gasteiger partial charge in [-0.3, -0.25) is 0 Å². The summed E-state index contributed by atoms with van der Waals surface area (Å²) < 4.78 is 5.80. The highest BCUT2D eigenvalue weighted by Gasteiger charge is 2.18. The molecular weight excluding hydrogens is 224 g/mol. The van der Waals surface area contributed by atoms with Gasteiger partial charge in [0.2, 0.25) is 0 Å². The van der Waals surface area contributed by atoms with Crippen LogP contribution in [0.15, 0.2) is 0 Å². The quantitative estimate of drug-likeness (QED) is 0.676. The molecule has 0 aliphatic carbocycles. The second-order valence-electron chi connectivity index (χ2n) is 6.03. The fraction of sp³-hybridized carbons (Fsp3) is 1.00. The molecule has 1 fully saturated rings. The standard InChI is InChI=1S/C15H32N2O/c1-13(2)16-10-7-8-14(3)17(4)12-15-9-5-6-11-18-15/h13-16H,5-12H2,1-4H3. The van der Waals surface area contributed by atoms with Crippen molar-refractivity contribution >= 4 is 0 Å². The number of ether oxygens (including phenoxy) is 1. The van der Waals surface area contributed by atoms with Crippen LogP contribution in [0.1, 0.15) is 52.9 Å². The summed E-state index contributed by atoms with van der Waals surface area (Å²) in [5.74, 6) is 0. The maximum Gasteiger partial charge on any atom is 0.0702 e. The number of nitrogens with one attached hydrogen (secondary N) is 1. The van der Waals surface area contributed by atoms with Crippen LogP contribution in [0.4, 0.5) is 0 Å². The summed E-state index contributed by atoms with van der Waals surface area (Å²) in [5.41, 5.74) is 0. The smallest absolute Gasteiger partial charge is 0.0702 e. The Morgan fingerprint density at radius 1 is 1.28 bits per heavy atom. The van der Waals surface area contributed by atoms with Gasteiger partial charge in [-0.05, 0) is 52.6 Å². The van der Waals surface area contributed by atoms with E-state index in [1.807, 2.05) is 0 Å². The zero-order chi connectivity index (χ0) is 13.4. The fourth-order valence-electron chi connectivity index (χ4n) is 2.46. The Kier molecular flexibility index (Phi) is 7.87. The lowest BCUT2D eigenvalue weighted by molar-refractivity contribution is -0.00758. The largest absolute Gasteiger partial charge is 0.377 e. The Morgan fingerprint density at radius 2 is 2.06 bits per heavy atom. The Bertz CT molecular complexity index is 203. The molecule has 0 aromatic carbocycles. The van der Waals surface area contributed by atoms with Crippen LogP contribution in [0.3, 0.4) is 0 Å². The SMILES string of the molecule is CC(C)NCCCC(C)N(C)CC1CCCCO1. The highest BCUT2D eigenvalue weighted by molar-refractivity contribution is 4.71. The van der Waals surface area contributed by atoms with Crippen LogP contribution in [-0.2, 0) is 4.74 Å². The van der Waals surface area contributed by atoms with E-state index in [2.05, 4.69) is 38.0 Å². The number of hydrogen-bond donors (Lipinski definition) is 1. The van der Waals surface area contributed by atoms with Crippen LogP contribution in [0.5, 0.6) is 0 Å². The average Bonchev–Trinajstić information content (AvgIpc) is 2.35. The summed E-state index contributed by atoms with van der Waals surface area (Å²) in [7, 11) is 2.23. The van der Waals surface area contributed by atoms with Gasteiger partial charge in [-0.2, -0.15) is 0 Å². The van der Waals surface area contributed by atoms with Crippen LogP contribution in [0.25, 0.3) is 0 Å². The van der Waals surface area contributed by atoms with Gasteiger partial charge in [-0.25, -0.2) is 0 Å². The highest BCUT2D eigenvalue weighted by Crippen LogP contribution is 2.15.